The molecule has 0 aliphatic heterocycles. The van der Waals surface area contributed by atoms with Crippen molar-refractivity contribution in [1.29, 1.82) is 0 Å². The zero-order chi connectivity index (χ0) is 8.53. The van der Waals surface area contributed by atoms with Crippen molar-refractivity contribution in [3.63, 3.8) is 0 Å². The van der Waals surface area contributed by atoms with E-state index in [1.165, 1.54) is 0 Å². The van der Waals surface area contributed by atoms with Crippen molar-refractivity contribution in [2.75, 3.05) is 40.2 Å². The topological polar surface area (TPSA) is 44.8 Å². The van der Waals surface area contributed by atoms with Crippen LogP contribution in [-0.4, -0.2) is 40.2 Å². The van der Waals surface area contributed by atoms with E-state index in [1.807, 2.05) is 0 Å². The second kappa shape index (κ2) is 8.21. The summed E-state index contributed by atoms with van der Waals surface area (Å²) in [5.74, 6) is 0. The first-order chi connectivity index (χ1) is 5.31. The van der Waals surface area contributed by atoms with Crippen LogP contribution in [0.1, 0.15) is 0 Å². The molecule has 1 atom stereocenters. The second-order valence-electron chi connectivity index (χ2n) is 1.96. The first-order valence-electron chi connectivity index (χ1n) is 3.44. The van der Waals surface area contributed by atoms with Crippen molar-refractivity contribution in [1.82, 2.24) is 0 Å². The summed E-state index contributed by atoms with van der Waals surface area (Å²) in [5.41, 5.74) is 0. The fourth-order valence-corrected chi connectivity index (χ4v) is 1.32. The molecule has 0 rings (SSSR count). The monoisotopic (exact) mass is 182 g/mol. The van der Waals surface area contributed by atoms with Crippen molar-refractivity contribution in [2.24, 2.45) is 0 Å². The Bertz CT molecular complexity index is 107. The normalized spacial score (nSPS) is 13.3. The van der Waals surface area contributed by atoms with Gasteiger partial charge in [-0.25, -0.2) is 0 Å². The number of ether oxygens (including phenoxy) is 2. The van der Waals surface area contributed by atoms with E-state index < -0.39 is 8.03 Å². The molecule has 0 spiro atoms. The lowest BCUT2D eigenvalue weighted by molar-refractivity contribution is 0.149. The molecule has 4 nitrogen and oxygen atoms in total. The third kappa shape index (κ3) is 8.01. The molecule has 0 N–H and O–H groups in total. The molecule has 1 unspecified atom stereocenters. The maximum atomic E-state index is 10.9. The van der Waals surface area contributed by atoms with Crippen LogP contribution in [0.5, 0.6) is 0 Å². The highest BCUT2D eigenvalue weighted by Gasteiger charge is 1.97. The van der Waals surface area contributed by atoms with Gasteiger partial charge in [-0.1, -0.05) is 0 Å². The summed E-state index contributed by atoms with van der Waals surface area (Å²) in [5, 5.41) is 0. The first-order valence-corrected chi connectivity index (χ1v) is 4.97. The Kier molecular flexibility index (Phi) is 8.29. The van der Waals surface area contributed by atoms with Crippen molar-refractivity contribution >= 4 is 8.03 Å². The van der Waals surface area contributed by atoms with Crippen LogP contribution in [-0.2, 0) is 18.6 Å². The third-order valence-electron chi connectivity index (χ3n) is 1.06. The fraction of sp³-hybridized carbons (Fsp3) is 1.00. The Morgan fingerprint density at radius 2 is 1.73 bits per heavy atom. The molecule has 0 saturated carbocycles. The minimum absolute atomic E-state index is 0.401. The molecule has 0 aliphatic rings. The van der Waals surface area contributed by atoms with Crippen LogP contribution in [0.3, 0.4) is 0 Å². The predicted octanol–water partition coefficient (Wildman–Crippen LogP) is 0.770. The lowest BCUT2D eigenvalue weighted by atomic mass is 10.8. The van der Waals surface area contributed by atoms with E-state index >= 15 is 0 Å². The lowest BCUT2D eigenvalue weighted by Crippen LogP contribution is -1.99. The standard InChI is InChI=1S/C6H15O4P/c1-8-3-4-10-11(7)6-5-9-2/h11H,3-6H2,1-2H3. The molecule has 0 fully saturated rings. The minimum Gasteiger partial charge on any atom is -0.384 e. The summed E-state index contributed by atoms with van der Waals surface area (Å²) < 4.78 is 25.3. The molecule has 0 amide bonds. The largest absolute Gasteiger partial charge is 0.384 e. The zero-order valence-electron chi connectivity index (χ0n) is 6.96. The van der Waals surface area contributed by atoms with Crippen LogP contribution in [0, 0.1) is 0 Å². The molecule has 0 aliphatic carbocycles. The predicted molar refractivity (Wildman–Crippen MR) is 43.6 cm³/mol. The van der Waals surface area contributed by atoms with E-state index in [0.717, 1.165) is 0 Å². The van der Waals surface area contributed by atoms with Gasteiger partial charge in [0, 0.05) is 20.4 Å². The number of rotatable bonds is 7. The summed E-state index contributed by atoms with van der Waals surface area (Å²) >= 11 is 0. The SMILES string of the molecule is COCCO[PH](=O)CCOC. The Morgan fingerprint density at radius 3 is 2.27 bits per heavy atom. The summed E-state index contributed by atoms with van der Waals surface area (Å²) in [4.78, 5) is 0. The van der Waals surface area contributed by atoms with E-state index in [-0.39, 0.29) is 0 Å². The molecule has 0 bridgehead atoms. The first kappa shape index (κ1) is 11.1. The molecule has 0 radical (unpaired) electrons. The zero-order valence-corrected chi connectivity index (χ0v) is 7.96. The average molecular weight is 182 g/mol. The van der Waals surface area contributed by atoms with E-state index in [1.54, 1.807) is 14.2 Å². The molecule has 0 aromatic heterocycles. The van der Waals surface area contributed by atoms with Crippen LogP contribution in [0.25, 0.3) is 0 Å². The van der Waals surface area contributed by atoms with Gasteiger partial charge in [-0.15, -0.1) is 0 Å². The average Bonchev–Trinajstić information content (AvgIpc) is 2.01. The van der Waals surface area contributed by atoms with Gasteiger partial charge in [0.15, 0.2) is 8.03 Å². The van der Waals surface area contributed by atoms with Crippen molar-refractivity contribution in [2.45, 2.75) is 0 Å². The highest BCUT2D eigenvalue weighted by molar-refractivity contribution is 7.39. The van der Waals surface area contributed by atoms with Crippen LogP contribution in [0.15, 0.2) is 0 Å². The van der Waals surface area contributed by atoms with Crippen molar-refractivity contribution in [3.8, 4) is 0 Å². The van der Waals surface area contributed by atoms with E-state index in [0.29, 0.717) is 26.0 Å². The Labute approximate surface area is 67.7 Å². The van der Waals surface area contributed by atoms with Gasteiger partial charge in [-0.3, -0.25) is 4.57 Å². The van der Waals surface area contributed by atoms with Gasteiger partial charge in [0.25, 0.3) is 0 Å². The maximum Gasteiger partial charge on any atom is 0.193 e. The number of hydrogen-bond acceptors (Lipinski definition) is 4. The second-order valence-corrected chi connectivity index (χ2v) is 3.49. The molecule has 5 heteroatoms. The Morgan fingerprint density at radius 1 is 1.09 bits per heavy atom. The third-order valence-corrected chi connectivity index (χ3v) is 2.20. The van der Waals surface area contributed by atoms with E-state index in [4.69, 9.17) is 14.0 Å². The van der Waals surface area contributed by atoms with E-state index in [2.05, 4.69) is 0 Å². The van der Waals surface area contributed by atoms with Gasteiger partial charge < -0.3 is 14.0 Å². The van der Waals surface area contributed by atoms with Gasteiger partial charge in [0.05, 0.1) is 19.8 Å². The van der Waals surface area contributed by atoms with Crippen LogP contribution in [0.4, 0.5) is 0 Å². The molecule has 68 valence electrons. The van der Waals surface area contributed by atoms with Gasteiger partial charge in [-0.2, -0.15) is 0 Å². The number of methoxy groups -OCH3 is 2. The summed E-state index contributed by atoms with van der Waals surface area (Å²) in [6.07, 6.45) is 0.491. The van der Waals surface area contributed by atoms with Crippen LogP contribution in [0.2, 0.25) is 0 Å². The smallest absolute Gasteiger partial charge is 0.193 e. The molecule has 0 aromatic rings. The highest BCUT2D eigenvalue weighted by Crippen LogP contribution is 2.20. The maximum absolute atomic E-state index is 10.9. The lowest BCUT2D eigenvalue weighted by Gasteiger charge is -2.02. The van der Waals surface area contributed by atoms with Gasteiger partial charge in [0.1, 0.15) is 0 Å². The molecule has 11 heavy (non-hydrogen) atoms. The summed E-state index contributed by atoms with van der Waals surface area (Å²) in [7, 11) is 1.27. The Balaban J connectivity index is 3.09. The van der Waals surface area contributed by atoms with Crippen molar-refractivity contribution in [3.05, 3.63) is 0 Å². The van der Waals surface area contributed by atoms with Gasteiger partial charge >= 0.3 is 0 Å². The van der Waals surface area contributed by atoms with E-state index in [9.17, 15) is 4.57 Å². The summed E-state index contributed by atoms with van der Waals surface area (Å²) in [6, 6.07) is 0. The van der Waals surface area contributed by atoms with Crippen LogP contribution < -0.4 is 0 Å². The summed E-state index contributed by atoms with van der Waals surface area (Å²) in [6.45, 7) is 1.38. The molecule has 0 saturated heterocycles. The van der Waals surface area contributed by atoms with Crippen LogP contribution >= 0.6 is 8.03 Å². The van der Waals surface area contributed by atoms with Gasteiger partial charge in [-0.05, 0) is 0 Å². The molecular formula is C6H15O4P. The fourth-order valence-electron chi connectivity index (χ4n) is 0.496. The molecular weight excluding hydrogens is 167 g/mol. The number of hydrogen-bond donors (Lipinski definition) is 0. The van der Waals surface area contributed by atoms with Crippen molar-refractivity contribution < 1.29 is 18.6 Å². The molecule has 0 aromatic carbocycles. The Hall–Kier alpha value is 0.110. The van der Waals surface area contributed by atoms with Gasteiger partial charge in [0.2, 0.25) is 0 Å². The minimum atomic E-state index is -1.88. The highest BCUT2D eigenvalue weighted by atomic mass is 31.1. The quantitative estimate of drug-likeness (QED) is 0.431. The molecule has 0 heterocycles.